The van der Waals surface area contributed by atoms with E-state index in [1.165, 1.54) is 186 Å². The quantitative estimate of drug-likeness (QED) is 0.0874. The molecule has 0 fully saturated rings. The van der Waals surface area contributed by atoms with Gasteiger partial charge in [0.05, 0.1) is 0 Å². The minimum atomic E-state index is 0.946. The summed E-state index contributed by atoms with van der Waals surface area (Å²) in [6.45, 7) is 9.54. The van der Waals surface area contributed by atoms with Crippen LogP contribution in [0.3, 0.4) is 0 Å². The molecule has 0 aromatic carbocycles. The van der Waals surface area contributed by atoms with Crippen LogP contribution in [0.2, 0.25) is 0 Å². The maximum atomic E-state index is 2.50. The van der Waals surface area contributed by atoms with E-state index < -0.39 is 0 Å². The van der Waals surface area contributed by atoms with Gasteiger partial charge in [0.2, 0.25) is 0 Å². The lowest BCUT2D eigenvalue weighted by atomic mass is 9.95. The topological polar surface area (TPSA) is 0 Å². The highest BCUT2D eigenvalue weighted by atomic mass is 14.1. The molecule has 0 rings (SSSR count). The highest BCUT2D eigenvalue weighted by molar-refractivity contribution is 4.57. The Kier molecular flexibility index (Phi) is 30.2. The molecule has 0 saturated heterocycles. The summed E-state index contributed by atoms with van der Waals surface area (Å²) >= 11 is 0. The van der Waals surface area contributed by atoms with E-state index >= 15 is 0 Å². The predicted octanol–water partition coefficient (Wildman–Crippen LogP) is 13.6. The molecule has 0 radical (unpaired) electrons. The normalized spacial score (nSPS) is 13.4. The third-order valence-corrected chi connectivity index (χ3v) is 8.64. The number of unbranched alkanes of at least 4 members (excludes halogenated alkanes) is 23. The van der Waals surface area contributed by atoms with E-state index in [4.69, 9.17) is 0 Å². The summed E-state index contributed by atoms with van der Waals surface area (Å²) in [6, 6.07) is 0. The van der Waals surface area contributed by atoms with Crippen LogP contribution in [0.4, 0.5) is 0 Å². The van der Waals surface area contributed by atoms with Crippen molar-refractivity contribution in [2.45, 2.75) is 214 Å². The van der Waals surface area contributed by atoms with Gasteiger partial charge in [-0.2, -0.15) is 0 Å². The first-order chi connectivity index (χ1) is 17.2. The highest BCUT2D eigenvalue weighted by Crippen LogP contribution is 2.20. The molecule has 0 aromatic rings. The molecule has 0 saturated carbocycles. The highest BCUT2D eigenvalue weighted by Gasteiger charge is 2.03. The molecule has 2 atom stereocenters. The van der Waals surface area contributed by atoms with Gasteiger partial charge >= 0.3 is 0 Å². The van der Waals surface area contributed by atoms with E-state index in [-0.39, 0.29) is 0 Å². The van der Waals surface area contributed by atoms with Gasteiger partial charge in [-0.25, -0.2) is 0 Å². The van der Waals surface area contributed by atoms with Crippen LogP contribution in [0.25, 0.3) is 0 Å². The summed E-state index contributed by atoms with van der Waals surface area (Å²) in [5.41, 5.74) is 0. The van der Waals surface area contributed by atoms with E-state index in [2.05, 4.69) is 27.7 Å². The molecule has 0 bridgehead atoms. The third kappa shape index (κ3) is 30.1. The molecule has 0 aliphatic carbocycles. The zero-order valence-electron chi connectivity index (χ0n) is 25.7. The van der Waals surface area contributed by atoms with Gasteiger partial charge in [-0.15, -0.1) is 0 Å². The van der Waals surface area contributed by atoms with E-state index in [0.717, 1.165) is 11.8 Å². The summed E-state index contributed by atoms with van der Waals surface area (Å²) < 4.78 is 0. The average molecular weight is 493 g/mol. The van der Waals surface area contributed by atoms with Crippen molar-refractivity contribution in [1.29, 1.82) is 0 Å². The van der Waals surface area contributed by atoms with Gasteiger partial charge in [-0.3, -0.25) is 0 Å². The second-order valence-corrected chi connectivity index (χ2v) is 12.5. The van der Waals surface area contributed by atoms with Crippen molar-refractivity contribution >= 4 is 0 Å². The van der Waals surface area contributed by atoms with Gasteiger partial charge in [-0.05, 0) is 11.8 Å². The Morgan fingerprint density at radius 2 is 0.514 bits per heavy atom. The zero-order chi connectivity index (χ0) is 25.7. The molecule has 0 heteroatoms. The summed E-state index contributed by atoms with van der Waals surface area (Å²) in [6.07, 6.45) is 42.7. The van der Waals surface area contributed by atoms with E-state index in [9.17, 15) is 0 Å². The molecule has 0 N–H and O–H groups in total. The molecule has 0 aromatic heterocycles. The molecule has 212 valence electrons. The van der Waals surface area contributed by atoms with Crippen molar-refractivity contribution in [2.75, 3.05) is 0 Å². The zero-order valence-corrected chi connectivity index (χ0v) is 25.7. The first-order valence-electron chi connectivity index (χ1n) is 17.2. The maximum Gasteiger partial charge on any atom is -0.0443 e. The molecular weight excluding hydrogens is 420 g/mol. The maximum absolute atomic E-state index is 2.50. The first-order valence-corrected chi connectivity index (χ1v) is 17.2. The van der Waals surface area contributed by atoms with Crippen LogP contribution in [0.1, 0.15) is 214 Å². The van der Waals surface area contributed by atoms with E-state index in [1.807, 2.05) is 0 Å². The fraction of sp³-hybridized carbons (Fsp3) is 1.00. The molecule has 0 heterocycles. The number of hydrogen-bond acceptors (Lipinski definition) is 0. The van der Waals surface area contributed by atoms with Crippen molar-refractivity contribution in [1.82, 2.24) is 0 Å². The Bertz CT molecular complexity index is 359. The summed E-state index contributed by atoms with van der Waals surface area (Å²) in [4.78, 5) is 0. The van der Waals surface area contributed by atoms with Crippen molar-refractivity contribution in [3.63, 3.8) is 0 Å². The van der Waals surface area contributed by atoms with Gasteiger partial charge < -0.3 is 0 Å². The van der Waals surface area contributed by atoms with E-state index in [0.29, 0.717) is 0 Å². The van der Waals surface area contributed by atoms with Crippen LogP contribution in [-0.4, -0.2) is 0 Å². The van der Waals surface area contributed by atoms with Crippen LogP contribution in [0, 0.1) is 11.8 Å². The molecule has 0 spiro atoms. The third-order valence-electron chi connectivity index (χ3n) is 8.64. The van der Waals surface area contributed by atoms with E-state index in [1.54, 1.807) is 0 Å². The summed E-state index contributed by atoms with van der Waals surface area (Å²) in [5.74, 6) is 1.91. The fourth-order valence-corrected chi connectivity index (χ4v) is 5.61. The predicted molar refractivity (Wildman–Crippen MR) is 164 cm³/mol. The molecule has 0 amide bonds. The first kappa shape index (κ1) is 35.0. The largest absolute Gasteiger partial charge is 0.0654 e. The Hall–Kier alpha value is 0. The molecule has 35 heavy (non-hydrogen) atoms. The molecule has 2 unspecified atom stereocenters. The van der Waals surface area contributed by atoms with Gasteiger partial charge in [0.25, 0.3) is 0 Å². The second-order valence-electron chi connectivity index (χ2n) is 12.5. The molecular formula is C35H72. The average Bonchev–Trinajstić information content (AvgIpc) is 2.86. The van der Waals surface area contributed by atoms with Crippen LogP contribution in [-0.2, 0) is 0 Å². The molecule has 0 aliphatic rings. The van der Waals surface area contributed by atoms with Crippen LogP contribution >= 0.6 is 0 Å². The fourth-order valence-electron chi connectivity index (χ4n) is 5.61. The Balaban J connectivity index is 3.15. The second kappa shape index (κ2) is 30.2. The number of rotatable bonds is 30. The Morgan fingerprint density at radius 1 is 0.286 bits per heavy atom. The standard InChI is InChI=1S/C35H72/c1-5-7-8-9-10-11-12-13-14-15-16-17-19-23-26-29-32-35(4)33-30-27-24-21-18-20-22-25-28-31-34(3)6-2/h34-35H,5-33H2,1-4H3. The minimum Gasteiger partial charge on any atom is -0.0654 e. The number of hydrogen-bond donors (Lipinski definition) is 0. The van der Waals surface area contributed by atoms with Crippen molar-refractivity contribution in [3.05, 3.63) is 0 Å². The lowest BCUT2D eigenvalue weighted by Crippen LogP contribution is -1.95. The lowest BCUT2D eigenvalue weighted by Gasteiger charge is -2.11. The van der Waals surface area contributed by atoms with Gasteiger partial charge in [0, 0.05) is 0 Å². The van der Waals surface area contributed by atoms with Crippen molar-refractivity contribution in [2.24, 2.45) is 11.8 Å². The molecule has 0 nitrogen and oxygen atoms in total. The Morgan fingerprint density at radius 3 is 0.771 bits per heavy atom. The summed E-state index contributed by atoms with van der Waals surface area (Å²) in [5, 5.41) is 0. The van der Waals surface area contributed by atoms with Crippen molar-refractivity contribution < 1.29 is 0 Å². The summed E-state index contributed by atoms with van der Waals surface area (Å²) in [7, 11) is 0. The van der Waals surface area contributed by atoms with Crippen molar-refractivity contribution in [3.8, 4) is 0 Å². The smallest absolute Gasteiger partial charge is 0.0443 e. The van der Waals surface area contributed by atoms with Crippen LogP contribution in [0.5, 0.6) is 0 Å². The Labute approximate surface area is 225 Å². The SMILES string of the molecule is CCCCCCCCCCCCCCCCCCC(C)CCCCCCCCCCCC(C)CC. The van der Waals surface area contributed by atoms with Crippen LogP contribution < -0.4 is 0 Å². The lowest BCUT2D eigenvalue weighted by molar-refractivity contribution is 0.429. The van der Waals surface area contributed by atoms with Gasteiger partial charge in [0.1, 0.15) is 0 Å². The minimum absolute atomic E-state index is 0.946. The van der Waals surface area contributed by atoms with Gasteiger partial charge in [0.15, 0.2) is 0 Å². The van der Waals surface area contributed by atoms with Crippen LogP contribution in [0.15, 0.2) is 0 Å². The van der Waals surface area contributed by atoms with Gasteiger partial charge in [-0.1, -0.05) is 214 Å². The molecule has 0 aliphatic heterocycles. The monoisotopic (exact) mass is 493 g/mol.